The molecule has 1 aliphatic rings. The topological polar surface area (TPSA) is 87.9 Å². The summed E-state index contributed by atoms with van der Waals surface area (Å²) in [6, 6.07) is 12.5. The molecule has 0 amide bonds. The zero-order chi connectivity index (χ0) is 27.3. The molecular formula is C26H34ClFN4O4SSi. The number of hydrogen-bond acceptors (Lipinski definition) is 7. The minimum atomic E-state index is -4.39. The van der Waals surface area contributed by atoms with Crippen molar-refractivity contribution in [2.75, 3.05) is 36.0 Å². The fourth-order valence-corrected chi connectivity index (χ4v) is 6.37. The van der Waals surface area contributed by atoms with Crippen LogP contribution in [0.2, 0.25) is 30.7 Å². The summed E-state index contributed by atoms with van der Waals surface area (Å²) in [5.74, 6) is -0.934. The standard InChI is InChI=1S/C26H34ClFN4O4SSi/c1-38(2,3)14-13-35-19-32(26-9-12-36-30-26)37(33,34)25-15-22(27)24(16-23(25)28)29-17-20-7-4-5-8-21(20)18-31-10-6-11-31/h4-5,7-9,12,15-16,29H,6,10-11,13-14,17-19H2,1-3H3. The highest BCUT2D eigenvalue weighted by molar-refractivity contribution is 7.92. The van der Waals surface area contributed by atoms with Gasteiger partial charge in [-0.3, -0.25) is 4.90 Å². The molecule has 1 aliphatic heterocycles. The zero-order valence-corrected chi connectivity index (χ0v) is 24.5. The number of halogens is 2. The van der Waals surface area contributed by atoms with E-state index < -0.39 is 28.8 Å². The van der Waals surface area contributed by atoms with Gasteiger partial charge in [0.1, 0.15) is 23.7 Å². The SMILES string of the molecule is C[Si](C)(C)CCOCN(c1ccon1)S(=O)(=O)c1cc(Cl)c(NCc2ccccc2CN2CCC2)cc1F. The third-order valence-electron chi connectivity index (χ3n) is 6.40. The van der Waals surface area contributed by atoms with Crippen molar-refractivity contribution in [1.29, 1.82) is 0 Å². The first-order valence-electron chi connectivity index (χ1n) is 12.6. The van der Waals surface area contributed by atoms with Crippen LogP contribution in [-0.4, -0.2) is 53.0 Å². The van der Waals surface area contributed by atoms with E-state index in [4.69, 9.17) is 20.9 Å². The predicted molar refractivity (Wildman–Crippen MR) is 150 cm³/mol. The molecule has 8 nitrogen and oxygen atoms in total. The Labute approximate surface area is 229 Å². The van der Waals surface area contributed by atoms with Gasteiger partial charge in [-0.1, -0.05) is 60.7 Å². The lowest BCUT2D eigenvalue weighted by Gasteiger charge is -2.31. The molecule has 0 spiro atoms. The van der Waals surface area contributed by atoms with Gasteiger partial charge in [-0.25, -0.2) is 17.1 Å². The molecule has 1 N–H and O–H groups in total. The third kappa shape index (κ3) is 7.14. The van der Waals surface area contributed by atoms with Gasteiger partial charge >= 0.3 is 0 Å². The number of sulfonamides is 1. The second kappa shape index (κ2) is 12.2. The molecule has 1 fully saturated rings. The van der Waals surface area contributed by atoms with Gasteiger partial charge in [0.05, 0.1) is 10.7 Å². The van der Waals surface area contributed by atoms with E-state index in [0.29, 0.717) is 18.8 Å². The molecule has 0 saturated carbocycles. The highest BCUT2D eigenvalue weighted by atomic mass is 35.5. The summed E-state index contributed by atoms with van der Waals surface area (Å²) in [6.07, 6.45) is 2.46. The normalized spacial score (nSPS) is 14.3. The second-order valence-corrected chi connectivity index (χ2v) is 18.4. The summed E-state index contributed by atoms with van der Waals surface area (Å²) in [5, 5.41) is 6.99. The van der Waals surface area contributed by atoms with Crippen LogP contribution in [0.3, 0.4) is 0 Å². The van der Waals surface area contributed by atoms with Crippen molar-refractivity contribution in [3.05, 3.63) is 70.7 Å². The highest BCUT2D eigenvalue weighted by Crippen LogP contribution is 2.32. The maximum atomic E-state index is 15.3. The van der Waals surface area contributed by atoms with E-state index >= 15 is 4.39 Å². The fraction of sp³-hybridized carbons (Fsp3) is 0.423. The molecule has 2 heterocycles. The first kappa shape index (κ1) is 28.6. The lowest BCUT2D eigenvalue weighted by atomic mass is 10.1. The first-order chi connectivity index (χ1) is 18.0. The molecule has 0 unspecified atom stereocenters. The van der Waals surface area contributed by atoms with E-state index in [1.807, 2.05) is 18.2 Å². The Kier molecular flexibility index (Phi) is 9.14. The van der Waals surface area contributed by atoms with Crippen molar-refractivity contribution in [3.8, 4) is 0 Å². The number of rotatable bonds is 13. The Morgan fingerprint density at radius 1 is 1.18 bits per heavy atom. The Balaban J connectivity index is 1.51. The molecule has 1 saturated heterocycles. The molecule has 3 aromatic rings. The maximum Gasteiger partial charge on any atom is 0.270 e. The van der Waals surface area contributed by atoms with Crippen LogP contribution in [0, 0.1) is 5.82 Å². The Morgan fingerprint density at radius 2 is 1.92 bits per heavy atom. The van der Waals surface area contributed by atoms with E-state index in [0.717, 1.165) is 47.7 Å². The molecule has 0 bridgehead atoms. The van der Waals surface area contributed by atoms with Gasteiger partial charge in [-0.2, -0.15) is 0 Å². The van der Waals surface area contributed by atoms with Crippen LogP contribution in [0.1, 0.15) is 17.5 Å². The van der Waals surface area contributed by atoms with E-state index in [2.05, 4.69) is 41.1 Å². The van der Waals surface area contributed by atoms with E-state index in [-0.39, 0.29) is 17.6 Å². The summed E-state index contributed by atoms with van der Waals surface area (Å²) in [7, 11) is -5.77. The fourth-order valence-electron chi connectivity index (χ4n) is 3.96. The smallest absolute Gasteiger partial charge is 0.270 e. The highest BCUT2D eigenvalue weighted by Gasteiger charge is 2.31. The summed E-state index contributed by atoms with van der Waals surface area (Å²) in [5.41, 5.74) is 2.56. The van der Waals surface area contributed by atoms with E-state index in [1.54, 1.807) is 0 Å². The number of benzene rings is 2. The average Bonchev–Trinajstić information content (AvgIpc) is 3.35. The minimum Gasteiger partial charge on any atom is -0.380 e. The summed E-state index contributed by atoms with van der Waals surface area (Å²) < 4.78 is 53.7. The molecule has 2 aromatic carbocycles. The predicted octanol–water partition coefficient (Wildman–Crippen LogP) is 5.79. The van der Waals surface area contributed by atoms with E-state index in [1.165, 1.54) is 24.3 Å². The largest absolute Gasteiger partial charge is 0.380 e. The average molecular weight is 581 g/mol. The molecule has 12 heteroatoms. The molecule has 206 valence electrons. The van der Waals surface area contributed by atoms with Crippen molar-refractivity contribution in [2.24, 2.45) is 0 Å². The van der Waals surface area contributed by atoms with Gasteiger partial charge in [0.25, 0.3) is 10.0 Å². The van der Waals surface area contributed by atoms with Crippen molar-refractivity contribution >= 4 is 41.2 Å². The molecular weight excluding hydrogens is 547 g/mol. The van der Waals surface area contributed by atoms with Crippen LogP contribution in [0.4, 0.5) is 15.9 Å². The number of nitrogens with zero attached hydrogens (tertiary/aromatic N) is 3. The van der Waals surface area contributed by atoms with Crippen LogP contribution in [-0.2, 0) is 27.8 Å². The number of hydrogen-bond donors (Lipinski definition) is 1. The van der Waals surface area contributed by atoms with Gasteiger partial charge < -0.3 is 14.6 Å². The molecule has 0 aliphatic carbocycles. The zero-order valence-electron chi connectivity index (χ0n) is 21.9. The molecule has 0 radical (unpaired) electrons. The van der Waals surface area contributed by atoms with Crippen molar-refractivity contribution < 1.29 is 22.1 Å². The van der Waals surface area contributed by atoms with Gasteiger partial charge in [-0.05, 0) is 48.8 Å². The quantitative estimate of drug-likeness (QED) is 0.155. The van der Waals surface area contributed by atoms with Crippen molar-refractivity contribution in [2.45, 2.75) is 50.1 Å². The van der Waals surface area contributed by atoms with Crippen molar-refractivity contribution in [3.63, 3.8) is 0 Å². The summed E-state index contributed by atoms with van der Waals surface area (Å²) >= 11 is 6.45. The lowest BCUT2D eigenvalue weighted by Crippen LogP contribution is -2.36. The third-order valence-corrected chi connectivity index (χ3v) is 10.2. The van der Waals surface area contributed by atoms with Gasteiger partial charge in [-0.15, -0.1) is 0 Å². The first-order valence-corrected chi connectivity index (χ1v) is 18.1. The Morgan fingerprint density at radius 3 is 2.55 bits per heavy atom. The second-order valence-electron chi connectivity index (χ2n) is 10.6. The van der Waals surface area contributed by atoms with E-state index in [9.17, 15) is 8.42 Å². The van der Waals surface area contributed by atoms with Gasteiger partial charge in [0.2, 0.25) is 0 Å². The van der Waals surface area contributed by atoms with Crippen LogP contribution in [0.15, 0.2) is 58.1 Å². The molecule has 38 heavy (non-hydrogen) atoms. The minimum absolute atomic E-state index is 0.00506. The van der Waals surface area contributed by atoms with Gasteiger partial charge in [0.15, 0.2) is 5.82 Å². The Bertz CT molecular complexity index is 1330. The number of anilines is 2. The van der Waals surface area contributed by atoms with Gasteiger partial charge in [0, 0.05) is 33.8 Å². The van der Waals surface area contributed by atoms with Crippen LogP contribution >= 0.6 is 11.6 Å². The molecule has 0 atom stereocenters. The lowest BCUT2D eigenvalue weighted by molar-refractivity contribution is 0.155. The summed E-state index contributed by atoms with van der Waals surface area (Å²) in [4.78, 5) is 1.80. The van der Waals surface area contributed by atoms with Crippen molar-refractivity contribution in [1.82, 2.24) is 10.1 Å². The van der Waals surface area contributed by atoms with Crippen LogP contribution < -0.4 is 9.62 Å². The number of aromatic nitrogens is 1. The van der Waals surface area contributed by atoms with Crippen LogP contribution in [0.25, 0.3) is 0 Å². The number of nitrogens with one attached hydrogen (secondary N) is 1. The summed E-state index contributed by atoms with van der Waals surface area (Å²) in [6.45, 7) is 10.1. The van der Waals surface area contributed by atoms with Crippen LogP contribution in [0.5, 0.6) is 0 Å². The number of likely N-dealkylation sites (tertiary alicyclic amines) is 1. The number of ether oxygens (including phenoxy) is 1. The maximum absolute atomic E-state index is 15.3. The molecule has 1 aromatic heterocycles. The monoisotopic (exact) mass is 580 g/mol. The Hall–Kier alpha value is -2.44. The molecule has 4 rings (SSSR count).